The Hall–Kier alpha value is -2.80. The van der Waals surface area contributed by atoms with Gasteiger partial charge in [-0.2, -0.15) is 0 Å². The second kappa shape index (κ2) is 19.6. The first-order chi connectivity index (χ1) is 16.5. The van der Waals surface area contributed by atoms with Gasteiger partial charge in [-0.3, -0.25) is 19.7 Å². The van der Waals surface area contributed by atoms with Gasteiger partial charge >= 0.3 is 11.9 Å². The molecule has 0 radical (unpaired) electrons. The van der Waals surface area contributed by atoms with Crippen LogP contribution in [0.2, 0.25) is 0 Å². The van der Waals surface area contributed by atoms with E-state index in [2.05, 4.69) is 0 Å². The van der Waals surface area contributed by atoms with Gasteiger partial charge in [0.1, 0.15) is 19.0 Å². The molecule has 0 amide bonds. The number of carboxylic acids is 1. The molecule has 1 aromatic rings. The van der Waals surface area contributed by atoms with E-state index in [4.69, 9.17) is 33.5 Å². The van der Waals surface area contributed by atoms with E-state index in [-0.39, 0.29) is 37.7 Å². The van der Waals surface area contributed by atoms with E-state index in [1.807, 2.05) is 0 Å². The number of rotatable bonds is 22. The summed E-state index contributed by atoms with van der Waals surface area (Å²) < 4.78 is 31.8. The van der Waals surface area contributed by atoms with E-state index >= 15 is 0 Å². The quantitative estimate of drug-likeness (QED) is 0.111. The summed E-state index contributed by atoms with van der Waals surface area (Å²) in [6.45, 7) is 3.54. The molecule has 12 nitrogen and oxygen atoms in total. The molecule has 0 bridgehead atoms. The summed E-state index contributed by atoms with van der Waals surface area (Å²) in [6.07, 6.45) is 1.21. The number of nitro benzene ring substituents is 1. The van der Waals surface area contributed by atoms with Crippen molar-refractivity contribution in [1.82, 2.24) is 0 Å². The first-order valence-electron chi connectivity index (χ1n) is 11.0. The molecular weight excluding hydrogens is 454 g/mol. The Bertz CT molecular complexity index is 697. The average Bonchev–Trinajstić information content (AvgIpc) is 2.81. The van der Waals surface area contributed by atoms with E-state index in [1.54, 1.807) is 0 Å². The number of carbonyl (C=O) groups excluding carboxylic acids is 1. The van der Waals surface area contributed by atoms with Gasteiger partial charge in [0.05, 0.1) is 57.8 Å². The highest BCUT2D eigenvalue weighted by atomic mass is 16.6. The minimum atomic E-state index is -0.870. The normalized spacial score (nSPS) is 10.7. The number of carbonyl (C=O) groups is 2. The molecule has 0 atom stereocenters. The molecule has 0 unspecified atom stereocenters. The maximum absolute atomic E-state index is 11.4. The van der Waals surface area contributed by atoms with Gasteiger partial charge in [0.25, 0.3) is 5.69 Å². The van der Waals surface area contributed by atoms with Crippen molar-refractivity contribution in [2.24, 2.45) is 0 Å². The number of carboxylic acid groups (broad SMARTS) is 1. The van der Waals surface area contributed by atoms with Crippen molar-refractivity contribution < 1.29 is 48.0 Å². The Kier molecular flexibility index (Phi) is 16.9. The van der Waals surface area contributed by atoms with Crippen molar-refractivity contribution in [3.63, 3.8) is 0 Å². The summed E-state index contributed by atoms with van der Waals surface area (Å²) in [5, 5.41) is 19.1. The van der Waals surface area contributed by atoms with Crippen molar-refractivity contribution in [1.29, 1.82) is 0 Å². The predicted octanol–water partition coefficient (Wildman–Crippen LogP) is 2.23. The molecular formula is C22H33NO11. The maximum atomic E-state index is 11.4. The lowest BCUT2D eigenvalue weighted by Crippen LogP contribution is -2.15. The van der Waals surface area contributed by atoms with E-state index in [9.17, 15) is 19.7 Å². The highest BCUT2D eigenvalue weighted by molar-refractivity contribution is 5.69. The molecule has 192 valence electrons. The standard InChI is InChI=1S/C22H33NO11/c24-21(25)3-1-2-4-22(26)34-18-16-32-14-12-30-10-9-29-11-13-31-15-17-33-20-7-5-19(6-8-20)23(27)28/h5-8H,1-4,9-18H2,(H,24,25). The van der Waals surface area contributed by atoms with Crippen LogP contribution < -0.4 is 4.74 Å². The van der Waals surface area contributed by atoms with Gasteiger partial charge in [-0.05, 0) is 25.0 Å². The molecule has 1 rings (SSSR count). The SMILES string of the molecule is O=C(O)CCCCC(=O)OCCOCCOCCOCCOCCOc1ccc([N+](=O)[O-])cc1. The zero-order chi connectivity index (χ0) is 24.9. The molecule has 0 aliphatic carbocycles. The van der Waals surface area contributed by atoms with Crippen LogP contribution in [0.15, 0.2) is 24.3 Å². The third kappa shape index (κ3) is 16.8. The number of ether oxygens (including phenoxy) is 6. The first kappa shape index (κ1) is 29.2. The molecule has 0 spiro atoms. The topological polar surface area (TPSA) is 153 Å². The minimum Gasteiger partial charge on any atom is -0.491 e. The number of nitro groups is 1. The van der Waals surface area contributed by atoms with Crippen molar-refractivity contribution in [2.75, 3.05) is 66.1 Å². The van der Waals surface area contributed by atoms with Crippen molar-refractivity contribution in [3.05, 3.63) is 34.4 Å². The van der Waals surface area contributed by atoms with Gasteiger partial charge in [0, 0.05) is 25.0 Å². The number of benzene rings is 1. The Morgan fingerprint density at radius 2 is 1.21 bits per heavy atom. The number of hydrogen-bond donors (Lipinski definition) is 1. The second-order valence-corrected chi connectivity index (χ2v) is 6.87. The predicted molar refractivity (Wildman–Crippen MR) is 119 cm³/mol. The van der Waals surface area contributed by atoms with E-state index in [1.165, 1.54) is 24.3 Å². The Labute approximate surface area is 198 Å². The number of hydrogen-bond acceptors (Lipinski definition) is 10. The molecule has 0 fully saturated rings. The molecule has 0 aliphatic heterocycles. The summed E-state index contributed by atoms with van der Waals surface area (Å²) in [5.41, 5.74) is 0.0132. The fraction of sp³-hybridized carbons (Fsp3) is 0.636. The first-order valence-corrected chi connectivity index (χ1v) is 11.0. The fourth-order valence-corrected chi connectivity index (χ4v) is 2.48. The van der Waals surface area contributed by atoms with Crippen LogP contribution in [0.3, 0.4) is 0 Å². The number of non-ortho nitro benzene ring substituents is 1. The molecule has 34 heavy (non-hydrogen) atoms. The lowest BCUT2D eigenvalue weighted by Gasteiger charge is -2.08. The van der Waals surface area contributed by atoms with Crippen LogP contribution in [0.1, 0.15) is 25.7 Å². The molecule has 1 aromatic carbocycles. The molecule has 12 heteroatoms. The average molecular weight is 488 g/mol. The number of aliphatic carboxylic acids is 1. The largest absolute Gasteiger partial charge is 0.491 e. The Morgan fingerprint density at radius 3 is 1.71 bits per heavy atom. The van der Waals surface area contributed by atoms with Crippen LogP contribution in [-0.2, 0) is 33.3 Å². The summed E-state index contributed by atoms with van der Waals surface area (Å²) in [5.74, 6) is -0.688. The minimum absolute atomic E-state index is 0.0132. The summed E-state index contributed by atoms with van der Waals surface area (Å²) in [4.78, 5) is 31.9. The molecule has 0 saturated heterocycles. The monoisotopic (exact) mass is 487 g/mol. The van der Waals surface area contributed by atoms with Gasteiger partial charge in [-0.25, -0.2) is 0 Å². The lowest BCUT2D eigenvalue weighted by atomic mass is 10.2. The molecule has 0 heterocycles. The summed E-state index contributed by atoms with van der Waals surface area (Å²) in [6, 6.07) is 5.84. The molecule has 1 N–H and O–H groups in total. The van der Waals surface area contributed by atoms with Crippen LogP contribution in [0.5, 0.6) is 5.75 Å². The second-order valence-electron chi connectivity index (χ2n) is 6.87. The summed E-state index contributed by atoms with van der Waals surface area (Å²) in [7, 11) is 0. The lowest BCUT2D eigenvalue weighted by molar-refractivity contribution is -0.384. The molecule has 0 aliphatic rings. The van der Waals surface area contributed by atoms with Crippen LogP contribution >= 0.6 is 0 Å². The van der Waals surface area contributed by atoms with Crippen LogP contribution in [0, 0.1) is 10.1 Å². The molecule has 0 saturated carbocycles. The van der Waals surface area contributed by atoms with Gasteiger partial charge in [-0.1, -0.05) is 0 Å². The third-order valence-electron chi connectivity index (χ3n) is 4.17. The summed E-state index contributed by atoms with van der Waals surface area (Å²) >= 11 is 0. The van der Waals surface area contributed by atoms with Crippen LogP contribution in [0.25, 0.3) is 0 Å². The van der Waals surface area contributed by atoms with E-state index in [0.717, 1.165) is 0 Å². The smallest absolute Gasteiger partial charge is 0.305 e. The fourth-order valence-electron chi connectivity index (χ4n) is 2.48. The van der Waals surface area contributed by atoms with E-state index in [0.29, 0.717) is 71.4 Å². The van der Waals surface area contributed by atoms with Crippen LogP contribution in [-0.4, -0.2) is 88.0 Å². The van der Waals surface area contributed by atoms with Gasteiger partial charge < -0.3 is 33.5 Å². The third-order valence-corrected chi connectivity index (χ3v) is 4.17. The van der Waals surface area contributed by atoms with Crippen molar-refractivity contribution in [2.45, 2.75) is 25.7 Å². The number of esters is 1. The zero-order valence-electron chi connectivity index (χ0n) is 19.2. The Balaban J connectivity index is 1.78. The van der Waals surface area contributed by atoms with Crippen molar-refractivity contribution >= 4 is 17.6 Å². The van der Waals surface area contributed by atoms with E-state index < -0.39 is 10.9 Å². The van der Waals surface area contributed by atoms with Crippen molar-refractivity contribution in [3.8, 4) is 5.75 Å². The van der Waals surface area contributed by atoms with Gasteiger partial charge in [0.2, 0.25) is 0 Å². The number of unbranched alkanes of at least 4 members (excludes halogenated alkanes) is 1. The van der Waals surface area contributed by atoms with Gasteiger partial charge in [-0.15, -0.1) is 0 Å². The number of nitrogens with zero attached hydrogens (tertiary/aromatic N) is 1. The highest BCUT2D eigenvalue weighted by Gasteiger charge is 2.05. The Morgan fingerprint density at radius 1 is 0.735 bits per heavy atom. The van der Waals surface area contributed by atoms with Crippen LogP contribution in [0.4, 0.5) is 5.69 Å². The molecule has 0 aromatic heterocycles. The maximum Gasteiger partial charge on any atom is 0.305 e. The van der Waals surface area contributed by atoms with Gasteiger partial charge in [0.15, 0.2) is 0 Å². The zero-order valence-corrected chi connectivity index (χ0v) is 19.2. The highest BCUT2D eigenvalue weighted by Crippen LogP contribution is 2.17.